The average molecular weight is 229 g/mol. The highest BCUT2D eigenvalue weighted by Gasteiger charge is 2.30. The summed E-state index contributed by atoms with van der Waals surface area (Å²) in [6, 6.07) is 0.415. The Hall–Kier alpha value is -0.110. The number of hydrogen-bond donors (Lipinski definition) is 1. The minimum Gasteiger partial charge on any atom is -0.314 e. The maximum Gasteiger partial charge on any atom is 0.110 e. The zero-order valence-electron chi connectivity index (χ0n) is 11.2. The molecule has 1 aliphatic rings. The van der Waals surface area contributed by atoms with Crippen LogP contribution in [0.15, 0.2) is 0 Å². The van der Waals surface area contributed by atoms with E-state index in [1.807, 2.05) is 0 Å². The number of rotatable bonds is 6. The highest BCUT2D eigenvalue weighted by atomic mass is 19.1. The highest BCUT2D eigenvalue weighted by molar-refractivity contribution is 4.84. The van der Waals surface area contributed by atoms with Crippen LogP contribution in [0, 0.1) is 5.92 Å². The van der Waals surface area contributed by atoms with E-state index in [1.54, 1.807) is 6.92 Å². The lowest BCUT2D eigenvalue weighted by atomic mass is 9.84. The Morgan fingerprint density at radius 3 is 2.50 bits per heavy atom. The maximum atomic E-state index is 14.5. The first-order valence-corrected chi connectivity index (χ1v) is 6.99. The Balaban J connectivity index is 2.36. The lowest BCUT2D eigenvalue weighted by Gasteiger charge is -2.31. The Morgan fingerprint density at radius 2 is 2.00 bits per heavy atom. The van der Waals surface area contributed by atoms with Crippen molar-refractivity contribution in [3.63, 3.8) is 0 Å². The van der Waals surface area contributed by atoms with Gasteiger partial charge in [-0.2, -0.15) is 0 Å². The number of hydrogen-bond acceptors (Lipinski definition) is 1. The molecular formula is C14H28FN. The van der Waals surface area contributed by atoms with Crippen molar-refractivity contribution in [2.75, 3.05) is 6.54 Å². The van der Waals surface area contributed by atoms with Gasteiger partial charge in [0.05, 0.1) is 0 Å². The summed E-state index contributed by atoms with van der Waals surface area (Å²) in [7, 11) is 0. The molecule has 1 heterocycles. The van der Waals surface area contributed by atoms with Crippen LogP contribution in [0.25, 0.3) is 0 Å². The van der Waals surface area contributed by atoms with Crippen molar-refractivity contribution in [3.05, 3.63) is 0 Å². The molecular weight excluding hydrogens is 201 g/mol. The molecule has 0 spiro atoms. The molecule has 0 bridgehead atoms. The molecule has 0 saturated carbocycles. The van der Waals surface area contributed by atoms with E-state index in [9.17, 15) is 4.39 Å². The summed E-state index contributed by atoms with van der Waals surface area (Å²) in [4.78, 5) is 0. The second kappa shape index (κ2) is 6.58. The van der Waals surface area contributed by atoms with Gasteiger partial charge in [0.2, 0.25) is 0 Å². The second-order valence-corrected chi connectivity index (χ2v) is 5.65. The number of alkyl halides is 1. The molecule has 2 unspecified atom stereocenters. The van der Waals surface area contributed by atoms with Gasteiger partial charge in [0.1, 0.15) is 5.67 Å². The zero-order valence-corrected chi connectivity index (χ0v) is 11.2. The van der Waals surface area contributed by atoms with Gasteiger partial charge < -0.3 is 5.32 Å². The van der Waals surface area contributed by atoms with Gasteiger partial charge in [-0.3, -0.25) is 0 Å². The van der Waals surface area contributed by atoms with Crippen molar-refractivity contribution >= 4 is 0 Å². The van der Waals surface area contributed by atoms with Crippen LogP contribution in [0.4, 0.5) is 4.39 Å². The van der Waals surface area contributed by atoms with Gasteiger partial charge >= 0.3 is 0 Å². The van der Waals surface area contributed by atoms with Crippen LogP contribution >= 0.6 is 0 Å². The van der Waals surface area contributed by atoms with E-state index >= 15 is 0 Å². The third-order valence-corrected chi connectivity index (χ3v) is 3.95. The molecule has 96 valence electrons. The summed E-state index contributed by atoms with van der Waals surface area (Å²) < 4.78 is 14.5. The molecule has 16 heavy (non-hydrogen) atoms. The molecule has 0 aromatic rings. The largest absolute Gasteiger partial charge is 0.314 e. The van der Waals surface area contributed by atoms with Crippen LogP contribution in [0.3, 0.4) is 0 Å². The molecule has 2 atom stereocenters. The van der Waals surface area contributed by atoms with Gasteiger partial charge in [0.15, 0.2) is 0 Å². The van der Waals surface area contributed by atoms with Gasteiger partial charge in [0, 0.05) is 6.04 Å². The van der Waals surface area contributed by atoms with E-state index in [0.29, 0.717) is 18.4 Å². The lowest BCUT2D eigenvalue weighted by Crippen LogP contribution is -2.39. The SMILES string of the molecule is CCC(CC)CC(C)(F)CC1CCCCN1. The van der Waals surface area contributed by atoms with Crippen LogP contribution in [0.2, 0.25) is 0 Å². The number of nitrogens with one attached hydrogen (secondary N) is 1. The summed E-state index contributed by atoms with van der Waals surface area (Å²) in [6.45, 7) is 7.21. The molecule has 1 N–H and O–H groups in total. The van der Waals surface area contributed by atoms with E-state index in [-0.39, 0.29) is 0 Å². The number of piperidine rings is 1. The molecule has 0 aromatic heterocycles. The monoisotopic (exact) mass is 229 g/mol. The minimum absolute atomic E-state index is 0.415. The fraction of sp³-hybridized carbons (Fsp3) is 1.00. The fourth-order valence-corrected chi connectivity index (χ4v) is 2.87. The topological polar surface area (TPSA) is 12.0 Å². The predicted octanol–water partition coefficient (Wildman–Crippen LogP) is 4.07. The first kappa shape index (κ1) is 14.0. The molecule has 0 aromatic carbocycles. The van der Waals surface area contributed by atoms with Crippen molar-refractivity contribution in [3.8, 4) is 0 Å². The Morgan fingerprint density at radius 1 is 1.31 bits per heavy atom. The normalized spacial score (nSPS) is 25.7. The number of halogens is 1. The summed E-state index contributed by atoms with van der Waals surface area (Å²) in [6.07, 6.45) is 7.32. The maximum absolute atomic E-state index is 14.5. The van der Waals surface area contributed by atoms with E-state index < -0.39 is 5.67 Å². The molecule has 0 radical (unpaired) electrons. The standard InChI is InChI=1S/C14H28FN/c1-4-12(5-2)10-14(3,15)11-13-8-6-7-9-16-13/h12-13,16H,4-11H2,1-3H3. The van der Waals surface area contributed by atoms with Gasteiger partial charge in [-0.05, 0) is 45.1 Å². The minimum atomic E-state index is -0.980. The predicted molar refractivity (Wildman–Crippen MR) is 68.5 cm³/mol. The average Bonchev–Trinajstić information content (AvgIpc) is 2.26. The van der Waals surface area contributed by atoms with Crippen molar-refractivity contribution in [1.29, 1.82) is 0 Å². The van der Waals surface area contributed by atoms with E-state index in [0.717, 1.165) is 32.2 Å². The lowest BCUT2D eigenvalue weighted by molar-refractivity contribution is 0.109. The molecule has 0 amide bonds. The van der Waals surface area contributed by atoms with Crippen LogP contribution in [0.5, 0.6) is 0 Å². The third-order valence-electron chi connectivity index (χ3n) is 3.95. The van der Waals surface area contributed by atoms with E-state index in [1.165, 1.54) is 12.8 Å². The Labute approximate surface area is 100 Å². The van der Waals surface area contributed by atoms with Crippen molar-refractivity contribution < 1.29 is 4.39 Å². The van der Waals surface area contributed by atoms with E-state index in [2.05, 4.69) is 19.2 Å². The molecule has 2 heteroatoms. The van der Waals surface area contributed by atoms with Crippen LogP contribution < -0.4 is 5.32 Å². The summed E-state index contributed by atoms with van der Waals surface area (Å²) in [5.74, 6) is 0.554. The van der Waals surface area contributed by atoms with Gasteiger partial charge in [-0.1, -0.05) is 33.1 Å². The first-order valence-electron chi connectivity index (χ1n) is 6.99. The quantitative estimate of drug-likeness (QED) is 0.724. The molecule has 0 aliphatic carbocycles. The highest BCUT2D eigenvalue weighted by Crippen LogP contribution is 2.31. The van der Waals surface area contributed by atoms with Crippen LogP contribution in [-0.2, 0) is 0 Å². The fourth-order valence-electron chi connectivity index (χ4n) is 2.87. The van der Waals surface area contributed by atoms with Crippen LogP contribution in [-0.4, -0.2) is 18.3 Å². The molecule has 1 fully saturated rings. The van der Waals surface area contributed by atoms with Gasteiger partial charge in [0.25, 0.3) is 0 Å². The van der Waals surface area contributed by atoms with Crippen molar-refractivity contribution in [1.82, 2.24) is 5.32 Å². The molecule has 1 rings (SSSR count). The summed E-state index contributed by atoms with van der Waals surface area (Å²) >= 11 is 0. The summed E-state index contributed by atoms with van der Waals surface area (Å²) in [5.41, 5.74) is -0.980. The first-order chi connectivity index (χ1) is 7.57. The van der Waals surface area contributed by atoms with E-state index in [4.69, 9.17) is 0 Å². The Bertz CT molecular complexity index is 181. The smallest absolute Gasteiger partial charge is 0.110 e. The molecule has 1 nitrogen and oxygen atoms in total. The van der Waals surface area contributed by atoms with Gasteiger partial charge in [-0.15, -0.1) is 0 Å². The zero-order chi connectivity index (χ0) is 12.0. The molecule has 1 saturated heterocycles. The summed E-state index contributed by atoms with van der Waals surface area (Å²) in [5, 5.41) is 3.44. The second-order valence-electron chi connectivity index (χ2n) is 5.65. The van der Waals surface area contributed by atoms with Crippen molar-refractivity contribution in [2.45, 2.75) is 77.4 Å². The van der Waals surface area contributed by atoms with Gasteiger partial charge in [-0.25, -0.2) is 4.39 Å². The van der Waals surface area contributed by atoms with Crippen LogP contribution in [0.1, 0.15) is 65.7 Å². The van der Waals surface area contributed by atoms with Crippen molar-refractivity contribution in [2.24, 2.45) is 5.92 Å². The third kappa shape index (κ3) is 4.82. The Kier molecular flexibility index (Phi) is 5.74. The molecule has 1 aliphatic heterocycles.